The number of amides is 4. The minimum absolute atomic E-state index is 0.108. The van der Waals surface area contributed by atoms with Crippen LogP contribution in [0, 0.1) is 17.8 Å². The number of carbonyl (C=O) groups is 4. The number of alkyl halides is 3. The number of imide groups is 2. The van der Waals surface area contributed by atoms with Crippen LogP contribution in [0.25, 0.3) is 0 Å². The Balaban J connectivity index is 1.51. The molecule has 0 bridgehead atoms. The number of hydrogen-bond acceptors (Lipinski definition) is 6. The zero-order chi connectivity index (χ0) is 27.1. The molecule has 38 heavy (non-hydrogen) atoms. The van der Waals surface area contributed by atoms with Gasteiger partial charge in [-0.3, -0.25) is 29.0 Å². The lowest BCUT2D eigenvalue weighted by molar-refractivity contribution is -0.141. The van der Waals surface area contributed by atoms with Crippen molar-refractivity contribution in [1.29, 1.82) is 0 Å². The first-order valence-corrected chi connectivity index (χ1v) is 15.0. The summed E-state index contributed by atoms with van der Waals surface area (Å²) in [6.07, 6.45) is 1.97. The molecule has 1 saturated carbocycles. The van der Waals surface area contributed by atoms with Gasteiger partial charge in [-0.15, -0.1) is 34.5 Å². The maximum atomic E-state index is 13.8. The number of nitrogens with zero attached hydrogens (tertiary/aromatic N) is 2. The van der Waals surface area contributed by atoms with E-state index in [1.54, 1.807) is 0 Å². The summed E-state index contributed by atoms with van der Waals surface area (Å²) < 4.78 is 0. The van der Waals surface area contributed by atoms with Gasteiger partial charge in [-0.05, 0) is 48.4 Å². The molecule has 1 aromatic heterocycles. The molecule has 4 aliphatic rings. The molecule has 1 aromatic carbocycles. The lowest BCUT2D eigenvalue weighted by Crippen LogP contribution is -2.60. The SMILES string of the molecule is O=C1[C@H]2[C@H](CC=C3[C@H]2C[C@@]2(Cl)C(=O)N(CBr)C(=O)[C@@]2(Cl)[C@H]3c2cc(Cl)ccc2O)C(=O)N1Cc1cccs1. The van der Waals surface area contributed by atoms with Crippen molar-refractivity contribution in [2.45, 2.75) is 35.1 Å². The van der Waals surface area contributed by atoms with Gasteiger partial charge in [-0.1, -0.05) is 45.2 Å². The molecule has 4 amide bonds. The molecular weight excluding hydrogens is 639 g/mol. The van der Waals surface area contributed by atoms with Crippen LogP contribution in [-0.2, 0) is 25.7 Å². The zero-order valence-corrected chi connectivity index (χ0v) is 24.2. The Morgan fingerprint density at radius 2 is 1.82 bits per heavy atom. The summed E-state index contributed by atoms with van der Waals surface area (Å²) in [5, 5.41) is 13.1. The number of likely N-dealkylation sites (tertiary alicyclic amines) is 2. The molecule has 7 nitrogen and oxygen atoms in total. The highest BCUT2D eigenvalue weighted by atomic mass is 79.9. The molecule has 3 heterocycles. The third kappa shape index (κ3) is 3.38. The predicted octanol–water partition coefficient (Wildman–Crippen LogP) is 5.02. The van der Waals surface area contributed by atoms with E-state index in [-0.39, 0.29) is 53.0 Å². The Labute approximate surface area is 245 Å². The van der Waals surface area contributed by atoms with E-state index in [4.69, 9.17) is 34.8 Å². The normalized spacial score (nSPS) is 34.4. The number of hydrogen-bond donors (Lipinski definition) is 1. The number of aromatic hydroxyl groups is 1. The summed E-state index contributed by atoms with van der Waals surface area (Å²) in [6, 6.07) is 8.10. The Bertz CT molecular complexity index is 1430. The first-order chi connectivity index (χ1) is 18.0. The van der Waals surface area contributed by atoms with Crippen LogP contribution in [0.2, 0.25) is 5.02 Å². The fourth-order valence-electron chi connectivity index (χ4n) is 6.63. The molecule has 1 N–H and O–H groups in total. The zero-order valence-electron chi connectivity index (χ0n) is 19.6. The molecule has 0 radical (unpaired) electrons. The monoisotopic (exact) mass is 656 g/mol. The Kier molecular flexibility index (Phi) is 6.28. The fourth-order valence-corrected chi connectivity index (χ4v) is 8.93. The topological polar surface area (TPSA) is 95.0 Å². The summed E-state index contributed by atoms with van der Waals surface area (Å²) in [5.41, 5.74) is 0.715. The van der Waals surface area contributed by atoms with Crippen molar-refractivity contribution in [2.75, 3.05) is 5.45 Å². The molecule has 12 heteroatoms. The van der Waals surface area contributed by atoms with Gasteiger partial charge in [-0.2, -0.15) is 0 Å². The van der Waals surface area contributed by atoms with Gasteiger partial charge >= 0.3 is 0 Å². The molecule has 0 unspecified atom stereocenters. The largest absolute Gasteiger partial charge is 0.508 e. The third-order valence-electron chi connectivity index (χ3n) is 8.30. The summed E-state index contributed by atoms with van der Waals surface area (Å²) in [4.78, 5) is 53.8. The maximum absolute atomic E-state index is 13.8. The van der Waals surface area contributed by atoms with Crippen LogP contribution in [0.15, 0.2) is 47.4 Å². The van der Waals surface area contributed by atoms with Gasteiger partial charge < -0.3 is 5.11 Å². The Morgan fingerprint density at radius 3 is 2.50 bits per heavy atom. The summed E-state index contributed by atoms with van der Waals surface area (Å²) in [7, 11) is 0. The van der Waals surface area contributed by atoms with E-state index in [9.17, 15) is 24.3 Å². The van der Waals surface area contributed by atoms with Crippen LogP contribution < -0.4 is 0 Å². The molecule has 3 fully saturated rings. The van der Waals surface area contributed by atoms with Crippen molar-refractivity contribution in [3.05, 3.63) is 62.8 Å². The summed E-state index contributed by atoms with van der Waals surface area (Å²) >= 11 is 25.2. The van der Waals surface area contributed by atoms with Gasteiger partial charge in [0.05, 0.1) is 23.8 Å². The first kappa shape index (κ1) is 26.3. The third-order valence-corrected chi connectivity index (χ3v) is 11.3. The number of benzene rings is 1. The van der Waals surface area contributed by atoms with Crippen molar-refractivity contribution in [2.24, 2.45) is 17.8 Å². The van der Waals surface area contributed by atoms with Crippen LogP contribution in [0.3, 0.4) is 0 Å². The minimum atomic E-state index is -1.99. The van der Waals surface area contributed by atoms with E-state index in [0.29, 0.717) is 5.57 Å². The molecule has 2 aliphatic carbocycles. The average Bonchev–Trinajstić information content (AvgIpc) is 3.52. The molecule has 6 atom stereocenters. The summed E-state index contributed by atoms with van der Waals surface area (Å²) in [5.74, 6) is -5.27. The number of thiophene rings is 1. The molecule has 198 valence electrons. The predicted molar refractivity (Wildman–Crippen MR) is 146 cm³/mol. The smallest absolute Gasteiger partial charge is 0.254 e. The molecule has 0 spiro atoms. The van der Waals surface area contributed by atoms with Crippen LogP contribution >= 0.6 is 62.1 Å². The second kappa shape index (κ2) is 9.06. The highest BCUT2D eigenvalue weighted by Gasteiger charge is 2.76. The molecule has 2 aromatic rings. The quantitative estimate of drug-likeness (QED) is 0.216. The molecule has 2 aliphatic heterocycles. The summed E-state index contributed by atoms with van der Waals surface area (Å²) in [6.45, 7) is 0.170. The minimum Gasteiger partial charge on any atom is -0.508 e. The molecular formula is C26H20BrCl3N2O5S. The molecule has 2 saturated heterocycles. The number of rotatable bonds is 4. The van der Waals surface area contributed by atoms with Crippen molar-refractivity contribution in [3.8, 4) is 5.75 Å². The van der Waals surface area contributed by atoms with E-state index < -0.39 is 45.2 Å². The van der Waals surface area contributed by atoms with Gasteiger partial charge in [0.25, 0.3) is 11.8 Å². The van der Waals surface area contributed by atoms with Gasteiger partial charge in [0, 0.05) is 21.4 Å². The maximum Gasteiger partial charge on any atom is 0.254 e. The van der Waals surface area contributed by atoms with Crippen LogP contribution in [0.4, 0.5) is 0 Å². The number of allylic oxidation sites excluding steroid dienone is 2. The van der Waals surface area contributed by atoms with E-state index in [1.807, 2.05) is 23.6 Å². The number of carbonyl (C=O) groups excluding carboxylic acids is 4. The van der Waals surface area contributed by atoms with E-state index in [0.717, 1.165) is 9.78 Å². The Hall–Kier alpha value is -1.91. The highest BCUT2D eigenvalue weighted by molar-refractivity contribution is 9.09. The van der Waals surface area contributed by atoms with Crippen LogP contribution in [-0.4, -0.2) is 53.7 Å². The second-order valence-corrected chi connectivity index (χ2v) is 13.2. The number of phenols is 1. The Morgan fingerprint density at radius 1 is 1.05 bits per heavy atom. The number of phenolic OH excluding ortho intramolecular Hbond substituents is 1. The van der Waals surface area contributed by atoms with E-state index >= 15 is 0 Å². The lowest BCUT2D eigenvalue weighted by atomic mass is 9.56. The second-order valence-electron chi connectivity index (χ2n) is 10.0. The van der Waals surface area contributed by atoms with Crippen molar-refractivity contribution < 1.29 is 24.3 Å². The van der Waals surface area contributed by atoms with E-state index in [2.05, 4.69) is 15.9 Å². The number of halogens is 4. The first-order valence-electron chi connectivity index (χ1n) is 11.9. The van der Waals surface area contributed by atoms with Gasteiger partial charge in [0.15, 0.2) is 9.75 Å². The van der Waals surface area contributed by atoms with Crippen molar-refractivity contribution in [1.82, 2.24) is 9.80 Å². The van der Waals surface area contributed by atoms with Gasteiger partial charge in [0.1, 0.15) is 5.75 Å². The van der Waals surface area contributed by atoms with Crippen LogP contribution in [0.1, 0.15) is 29.2 Å². The van der Waals surface area contributed by atoms with Crippen molar-refractivity contribution in [3.63, 3.8) is 0 Å². The van der Waals surface area contributed by atoms with Gasteiger partial charge in [0.2, 0.25) is 11.8 Å². The average molecular weight is 659 g/mol. The number of fused-ring (bicyclic) bond motifs is 4. The standard InChI is InChI=1S/C26H20BrCl3N2O5S/c27-11-32-23(36)25(29)9-17-14(20(26(25,30)24(32)37)16-8-12(28)3-6-18(16)33)4-5-15-19(17)22(35)31(21(15)34)10-13-2-1-7-38-13/h1-4,6-8,15,17,19-20,33H,5,9-11H2/t15-,17+,19-,20+,25+,26-/m0/s1. The van der Waals surface area contributed by atoms with Crippen LogP contribution in [0.5, 0.6) is 5.75 Å². The fraction of sp³-hybridized carbons (Fsp3) is 0.385. The van der Waals surface area contributed by atoms with Gasteiger partial charge in [-0.25, -0.2) is 0 Å². The van der Waals surface area contributed by atoms with E-state index in [1.165, 1.54) is 34.4 Å². The van der Waals surface area contributed by atoms with Crippen molar-refractivity contribution >= 4 is 85.7 Å². The molecule has 6 rings (SSSR count). The lowest BCUT2D eigenvalue weighted by Gasteiger charge is -2.50. The highest BCUT2D eigenvalue weighted by Crippen LogP contribution is 2.66.